The summed E-state index contributed by atoms with van der Waals surface area (Å²) < 4.78 is 6.67. The summed E-state index contributed by atoms with van der Waals surface area (Å²) in [6.45, 7) is 8.16. The molecule has 3 aromatic carbocycles. The van der Waals surface area contributed by atoms with Crippen molar-refractivity contribution >= 4 is 38.8 Å². The average molecular weight is 480 g/mol. The summed E-state index contributed by atoms with van der Waals surface area (Å²) in [6, 6.07) is 16.7. The number of hydrogen-bond acceptors (Lipinski definition) is 5. The minimum absolute atomic E-state index is 0.0386. The lowest BCUT2D eigenvalue weighted by Gasteiger charge is -2.11. The molecule has 0 amide bonds. The molecule has 0 spiro atoms. The number of carbonyl (C=O) groups is 1. The Morgan fingerprint density at radius 3 is 2.42 bits per heavy atom. The third-order valence-electron chi connectivity index (χ3n) is 5.54. The first-order valence-corrected chi connectivity index (χ1v) is 12.1. The molecule has 1 aromatic heterocycles. The summed E-state index contributed by atoms with van der Waals surface area (Å²) in [5.41, 5.74) is 4.16. The minimum atomic E-state index is -0.0386. The summed E-state index contributed by atoms with van der Waals surface area (Å²) >= 11 is 7.60. The van der Waals surface area contributed by atoms with Crippen LogP contribution in [0.25, 0.3) is 21.2 Å². The van der Waals surface area contributed by atoms with Crippen molar-refractivity contribution in [1.29, 1.82) is 0 Å². The molecule has 33 heavy (non-hydrogen) atoms. The summed E-state index contributed by atoms with van der Waals surface area (Å²) in [7, 11) is 0. The van der Waals surface area contributed by atoms with E-state index in [2.05, 4.69) is 12.2 Å². The molecular weight excluding hydrogens is 454 g/mol. The number of phenols is 1. The van der Waals surface area contributed by atoms with E-state index >= 15 is 0 Å². The zero-order valence-electron chi connectivity index (χ0n) is 18.9. The van der Waals surface area contributed by atoms with E-state index in [4.69, 9.17) is 16.3 Å². The molecule has 4 nitrogen and oxygen atoms in total. The third kappa shape index (κ3) is 4.91. The molecule has 6 heteroatoms. The highest BCUT2D eigenvalue weighted by Gasteiger charge is 2.24. The predicted molar refractivity (Wildman–Crippen MR) is 137 cm³/mol. The Hall–Kier alpha value is -2.86. The first-order valence-electron chi connectivity index (χ1n) is 10.9. The van der Waals surface area contributed by atoms with Gasteiger partial charge in [0.2, 0.25) is 5.78 Å². The van der Waals surface area contributed by atoms with Gasteiger partial charge in [-0.05, 0) is 79.5 Å². The molecule has 0 saturated heterocycles. The minimum Gasteiger partial charge on any atom is -0.508 e. The Morgan fingerprint density at radius 2 is 1.76 bits per heavy atom. The lowest BCUT2D eigenvalue weighted by Crippen LogP contribution is -2.20. The number of nitrogens with one attached hydrogen (secondary N) is 1. The van der Waals surface area contributed by atoms with Gasteiger partial charge >= 0.3 is 0 Å². The predicted octanol–water partition coefficient (Wildman–Crippen LogP) is 6.76. The normalized spacial score (nSPS) is 11.2. The lowest BCUT2D eigenvalue weighted by atomic mass is 9.94. The zero-order valence-corrected chi connectivity index (χ0v) is 20.4. The van der Waals surface area contributed by atoms with Gasteiger partial charge in [0.25, 0.3) is 0 Å². The van der Waals surface area contributed by atoms with Crippen molar-refractivity contribution < 1.29 is 14.6 Å². The van der Waals surface area contributed by atoms with Gasteiger partial charge in [0, 0.05) is 32.8 Å². The van der Waals surface area contributed by atoms with Crippen LogP contribution in [0.5, 0.6) is 11.5 Å². The number of ketones is 1. The zero-order chi connectivity index (χ0) is 23.5. The van der Waals surface area contributed by atoms with Crippen LogP contribution in [-0.2, 0) is 0 Å². The van der Waals surface area contributed by atoms with E-state index in [-0.39, 0.29) is 11.5 Å². The molecule has 0 atom stereocenters. The molecule has 0 aliphatic carbocycles. The smallest absolute Gasteiger partial charge is 0.204 e. The monoisotopic (exact) mass is 479 g/mol. The lowest BCUT2D eigenvalue weighted by molar-refractivity contribution is 0.104. The van der Waals surface area contributed by atoms with Crippen LogP contribution in [0.2, 0.25) is 5.02 Å². The maximum absolute atomic E-state index is 13.8. The molecule has 1 heterocycles. The summed E-state index contributed by atoms with van der Waals surface area (Å²) in [5.74, 6) is 0.923. The number of phenolic OH excluding ortho intramolecular Hbond substituents is 1. The number of thiophene rings is 1. The fraction of sp³-hybridized carbons (Fsp3) is 0.222. The van der Waals surface area contributed by atoms with Crippen LogP contribution in [0, 0.1) is 13.8 Å². The van der Waals surface area contributed by atoms with Crippen LogP contribution >= 0.6 is 22.9 Å². The second kappa shape index (κ2) is 9.96. The van der Waals surface area contributed by atoms with E-state index in [9.17, 15) is 9.90 Å². The van der Waals surface area contributed by atoms with E-state index in [0.29, 0.717) is 22.1 Å². The number of halogens is 1. The standard InChI is InChI=1S/C27H26ClNO3S/c1-4-29-11-12-32-21-8-5-18(6-9-21)25-22-10-7-20(30)15-23(22)33-27(25)26(31)24-16(2)13-19(28)14-17(24)3/h5-10,13-15,29-30H,4,11-12H2,1-3H3. The van der Waals surface area contributed by atoms with E-state index in [1.54, 1.807) is 12.1 Å². The number of benzene rings is 3. The van der Waals surface area contributed by atoms with Crippen molar-refractivity contribution in [2.24, 2.45) is 0 Å². The Morgan fingerprint density at radius 1 is 1.06 bits per heavy atom. The van der Waals surface area contributed by atoms with Gasteiger partial charge in [-0.2, -0.15) is 0 Å². The van der Waals surface area contributed by atoms with Crippen molar-refractivity contribution in [2.75, 3.05) is 19.7 Å². The Balaban J connectivity index is 1.78. The molecule has 0 aliphatic rings. The number of aryl methyl sites for hydroxylation is 2. The van der Waals surface area contributed by atoms with Crippen molar-refractivity contribution in [3.05, 3.63) is 81.2 Å². The number of likely N-dealkylation sites (N-methyl/N-ethyl adjacent to an activating group) is 1. The fourth-order valence-corrected chi connectivity index (χ4v) is 5.58. The van der Waals surface area contributed by atoms with E-state index < -0.39 is 0 Å². The summed E-state index contributed by atoms with van der Waals surface area (Å²) in [6.07, 6.45) is 0. The number of fused-ring (bicyclic) bond motifs is 1. The van der Waals surface area contributed by atoms with Crippen LogP contribution in [0.15, 0.2) is 54.6 Å². The molecule has 4 aromatic rings. The molecule has 4 rings (SSSR count). The van der Waals surface area contributed by atoms with Crippen LogP contribution in [-0.4, -0.2) is 30.6 Å². The number of aromatic hydroxyl groups is 1. The largest absolute Gasteiger partial charge is 0.508 e. The highest BCUT2D eigenvalue weighted by Crippen LogP contribution is 2.42. The third-order valence-corrected chi connectivity index (χ3v) is 6.91. The highest BCUT2D eigenvalue weighted by atomic mass is 35.5. The first-order chi connectivity index (χ1) is 15.9. The van der Waals surface area contributed by atoms with Gasteiger partial charge in [-0.3, -0.25) is 4.79 Å². The number of ether oxygens (including phenoxy) is 1. The van der Waals surface area contributed by atoms with Gasteiger partial charge in [-0.15, -0.1) is 11.3 Å². The number of rotatable bonds is 8. The Bertz CT molecular complexity index is 1290. The van der Waals surface area contributed by atoms with Gasteiger partial charge in [0.1, 0.15) is 18.1 Å². The van der Waals surface area contributed by atoms with E-state index in [1.807, 2.05) is 56.3 Å². The Labute approximate surface area is 202 Å². The maximum atomic E-state index is 13.8. The molecule has 0 radical (unpaired) electrons. The first kappa shape index (κ1) is 23.3. The summed E-state index contributed by atoms with van der Waals surface area (Å²) in [4.78, 5) is 14.4. The van der Waals surface area contributed by atoms with E-state index in [1.165, 1.54) is 11.3 Å². The van der Waals surface area contributed by atoms with Crippen LogP contribution in [0.4, 0.5) is 0 Å². The van der Waals surface area contributed by atoms with Crippen LogP contribution in [0.1, 0.15) is 33.3 Å². The van der Waals surface area contributed by atoms with Gasteiger partial charge < -0.3 is 15.2 Å². The van der Waals surface area contributed by atoms with Gasteiger partial charge in [0.05, 0.1) is 4.88 Å². The average Bonchev–Trinajstić information content (AvgIpc) is 3.15. The Kier molecular flexibility index (Phi) is 7.03. The maximum Gasteiger partial charge on any atom is 0.204 e. The SMILES string of the molecule is CCNCCOc1ccc(-c2c(C(=O)c3c(C)cc(Cl)cc3C)sc3cc(O)ccc23)cc1. The molecule has 0 fully saturated rings. The van der Waals surface area contributed by atoms with Crippen molar-refractivity contribution in [3.8, 4) is 22.6 Å². The van der Waals surface area contributed by atoms with Crippen molar-refractivity contribution in [1.82, 2.24) is 5.32 Å². The van der Waals surface area contributed by atoms with Crippen LogP contribution < -0.4 is 10.1 Å². The van der Waals surface area contributed by atoms with Crippen molar-refractivity contribution in [2.45, 2.75) is 20.8 Å². The summed E-state index contributed by atoms with van der Waals surface area (Å²) in [5, 5.41) is 14.8. The van der Waals surface area contributed by atoms with Gasteiger partial charge in [0.15, 0.2) is 0 Å². The molecule has 0 unspecified atom stereocenters. The number of carbonyl (C=O) groups excluding carboxylic acids is 1. The van der Waals surface area contributed by atoms with Crippen LogP contribution in [0.3, 0.4) is 0 Å². The quantitative estimate of drug-likeness (QED) is 0.216. The topological polar surface area (TPSA) is 58.6 Å². The molecule has 0 bridgehead atoms. The molecule has 0 aliphatic heterocycles. The number of hydrogen-bond donors (Lipinski definition) is 2. The molecule has 2 N–H and O–H groups in total. The highest BCUT2D eigenvalue weighted by molar-refractivity contribution is 7.21. The molecule has 0 saturated carbocycles. The van der Waals surface area contributed by atoms with Gasteiger partial charge in [-0.25, -0.2) is 0 Å². The second-order valence-corrected chi connectivity index (χ2v) is 9.45. The second-order valence-electron chi connectivity index (χ2n) is 7.96. The molecular formula is C27H26ClNO3S. The van der Waals surface area contributed by atoms with E-state index in [0.717, 1.165) is 51.2 Å². The van der Waals surface area contributed by atoms with Gasteiger partial charge in [-0.1, -0.05) is 30.7 Å². The van der Waals surface area contributed by atoms with Crippen molar-refractivity contribution in [3.63, 3.8) is 0 Å². The fourth-order valence-electron chi connectivity index (χ4n) is 4.05. The molecule has 170 valence electrons.